The van der Waals surface area contributed by atoms with E-state index in [1.165, 1.54) is 0 Å². The number of nitrogens with zero attached hydrogens (tertiary/aromatic N) is 2. The van der Waals surface area contributed by atoms with Crippen molar-refractivity contribution in [2.24, 2.45) is 0 Å². The number of anilines is 1. The van der Waals surface area contributed by atoms with Crippen LogP contribution in [0.5, 0.6) is 0 Å². The maximum atomic E-state index is 12.8. The molecule has 3 aromatic carbocycles. The zero-order chi connectivity index (χ0) is 24.4. The van der Waals surface area contributed by atoms with E-state index in [1.54, 1.807) is 6.07 Å². The second-order valence-electron chi connectivity index (χ2n) is 8.38. The van der Waals surface area contributed by atoms with Gasteiger partial charge in [0, 0.05) is 45.3 Å². The van der Waals surface area contributed by atoms with Gasteiger partial charge in [0.25, 0.3) is 0 Å². The average Bonchev–Trinajstić information content (AvgIpc) is 2.84. The summed E-state index contributed by atoms with van der Waals surface area (Å²) in [5, 5.41) is 5.52. The Balaban J connectivity index is 1.56. The standard InChI is InChI=1S/C27H22Cl3N3O2/c28-20-5-6-25-19(12-20)15-23(27(30)32-25)18-11-17(22-3-1-2-4-24(22)29)13-21(14-18)31-26(34)16-33-7-9-35-10-8-33/h1-6,11-15H,7-10,16H2,(H,31,34). The summed E-state index contributed by atoms with van der Waals surface area (Å²) in [6, 6.07) is 20.8. The highest BCUT2D eigenvalue weighted by atomic mass is 35.5. The molecule has 1 aromatic heterocycles. The molecule has 0 radical (unpaired) electrons. The molecular weight excluding hydrogens is 505 g/mol. The second-order valence-corrected chi connectivity index (χ2v) is 9.58. The van der Waals surface area contributed by atoms with Gasteiger partial charge in [0.1, 0.15) is 5.15 Å². The van der Waals surface area contributed by atoms with E-state index in [2.05, 4.69) is 15.2 Å². The van der Waals surface area contributed by atoms with Crippen LogP contribution >= 0.6 is 34.8 Å². The number of ether oxygens (including phenoxy) is 1. The van der Waals surface area contributed by atoms with Gasteiger partial charge in [-0.05, 0) is 59.7 Å². The first-order valence-electron chi connectivity index (χ1n) is 11.2. The fraction of sp³-hybridized carbons (Fsp3) is 0.185. The second kappa shape index (κ2) is 10.5. The zero-order valence-electron chi connectivity index (χ0n) is 18.7. The van der Waals surface area contributed by atoms with E-state index in [0.29, 0.717) is 40.6 Å². The fourth-order valence-electron chi connectivity index (χ4n) is 4.20. The largest absolute Gasteiger partial charge is 0.379 e. The van der Waals surface area contributed by atoms with Gasteiger partial charge in [0.2, 0.25) is 5.91 Å². The number of carbonyl (C=O) groups excluding carboxylic acids is 1. The molecule has 1 amide bonds. The molecule has 178 valence electrons. The molecule has 35 heavy (non-hydrogen) atoms. The molecule has 5 nitrogen and oxygen atoms in total. The van der Waals surface area contributed by atoms with Crippen LogP contribution in [-0.4, -0.2) is 48.6 Å². The van der Waals surface area contributed by atoms with Gasteiger partial charge in [0.15, 0.2) is 0 Å². The van der Waals surface area contributed by atoms with Gasteiger partial charge in [-0.1, -0.05) is 53.0 Å². The molecule has 5 rings (SSSR count). The number of carbonyl (C=O) groups is 1. The Morgan fingerprint density at radius 3 is 2.43 bits per heavy atom. The summed E-state index contributed by atoms with van der Waals surface area (Å²) in [5.41, 5.74) is 4.66. The first-order chi connectivity index (χ1) is 17.0. The van der Waals surface area contributed by atoms with Gasteiger partial charge in [-0.2, -0.15) is 0 Å². The van der Waals surface area contributed by atoms with Crippen molar-refractivity contribution in [1.82, 2.24) is 9.88 Å². The van der Waals surface area contributed by atoms with Crippen molar-refractivity contribution in [3.05, 3.63) is 81.9 Å². The average molecular weight is 527 g/mol. The van der Waals surface area contributed by atoms with Crippen molar-refractivity contribution < 1.29 is 9.53 Å². The minimum atomic E-state index is -0.0938. The summed E-state index contributed by atoms with van der Waals surface area (Å²) >= 11 is 19.3. The number of nitrogens with one attached hydrogen (secondary N) is 1. The van der Waals surface area contributed by atoms with Crippen LogP contribution in [0.15, 0.2) is 66.7 Å². The van der Waals surface area contributed by atoms with Gasteiger partial charge in [-0.3, -0.25) is 9.69 Å². The van der Waals surface area contributed by atoms with E-state index in [1.807, 2.05) is 60.7 Å². The van der Waals surface area contributed by atoms with E-state index >= 15 is 0 Å². The molecule has 0 bridgehead atoms. The lowest BCUT2D eigenvalue weighted by Crippen LogP contribution is -2.41. The van der Waals surface area contributed by atoms with Crippen molar-refractivity contribution in [1.29, 1.82) is 0 Å². The quantitative estimate of drug-likeness (QED) is 0.291. The number of fused-ring (bicyclic) bond motifs is 1. The number of halogens is 3. The number of hydrogen-bond donors (Lipinski definition) is 1. The summed E-state index contributed by atoms with van der Waals surface area (Å²) in [7, 11) is 0. The van der Waals surface area contributed by atoms with Crippen LogP contribution in [0.3, 0.4) is 0 Å². The van der Waals surface area contributed by atoms with Gasteiger partial charge < -0.3 is 10.1 Å². The van der Waals surface area contributed by atoms with Gasteiger partial charge in [0.05, 0.1) is 25.3 Å². The summed E-state index contributed by atoms with van der Waals surface area (Å²) in [6.07, 6.45) is 0. The number of amides is 1. The lowest BCUT2D eigenvalue weighted by molar-refractivity contribution is -0.118. The SMILES string of the molecule is O=C(CN1CCOCC1)Nc1cc(-c2ccccc2Cl)cc(-c2cc3cc(Cl)ccc3nc2Cl)c1. The third kappa shape index (κ3) is 5.61. The zero-order valence-corrected chi connectivity index (χ0v) is 21.0. The van der Waals surface area contributed by atoms with Crippen LogP contribution in [0.4, 0.5) is 5.69 Å². The topological polar surface area (TPSA) is 54.5 Å². The first kappa shape index (κ1) is 24.0. The molecule has 1 saturated heterocycles. The van der Waals surface area contributed by atoms with E-state index in [-0.39, 0.29) is 5.91 Å². The molecule has 0 unspecified atom stereocenters. The molecule has 0 spiro atoms. The summed E-state index contributed by atoms with van der Waals surface area (Å²) in [6.45, 7) is 3.04. The molecule has 0 saturated carbocycles. The lowest BCUT2D eigenvalue weighted by atomic mass is 9.98. The summed E-state index contributed by atoms with van der Waals surface area (Å²) in [5.74, 6) is -0.0938. The lowest BCUT2D eigenvalue weighted by Gasteiger charge is -2.25. The molecule has 2 heterocycles. The van der Waals surface area contributed by atoms with E-state index in [4.69, 9.17) is 39.5 Å². The predicted octanol–water partition coefficient (Wildman–Crippen LogP) is 6.80. The normalized spacial score (nSPS) is 14.3. The Labute approximate surface area is 218 Å². The van der Waals surface area contributed by atoms with Crippen molar-refractivity contribution in [3.8, 4) is 22.3 Å². The van der Waals surface area contributed by atoms with Crippen LogP contribution in [0, 0.1) is 0 Å². The molecule has 8 heteroatoms. The highest BCUT2D eigenvalue weighted by molar-refractivity contribution is 6.34. The van der Waals surface area contributed by atoms with E-state index in [9.17, 15) is 4.79 Å². The van der Waals surface area contributed by atoms with Crippen LogP contribution in [0.25, 0.3) is 33.2 Å². The molecule has 1 fully saturated rings. The molecular formula is C27H22Cl3N3O2. The molecule has 0 atom stereocenters. The van der Waals surface area contributed by atoms with Gasteiger partial charge >= 0.3 is 0 Å². The molecule has 0 aliphatic carbocycles. The third-order valence-corrected chi connectivity index (χ3v) is 6.77. The first-order valence-corrected chi connectivity index (χ1v) is 12.4. The van der Waals surface area contributed by atoms with Crippen molar-refractivity contribution >= 4 is 57.3 Å². The number of benzene rings is 3. The van der Waals surface area contributed by atoms with Crippen molar-refractivity contribution in [2.75, 3.05) is 38.2 Å². The highest BCUT2D eigenvalue weighted by Gasteiger charge is 2.16. The van der Waals surface area contributed by atoms with Gasteiger partial charge in [-0.25, -0.2) is 4.98 Å². The van der Waals surface area contributed by atoms with E-state index < -0.39 is 0 Å². The fourth-order valence-corrected chi connectivity index (χ4v) is 4.88. The maximum Gasteiger partial charge on any atom is 0.238 e. The minimum Gasteiger partial charge on any atom is -0.379 e. The summed E-state index contributed by atoms with van der Waals surface area (Å²) < 4.78 is 5.38. The van der Waals surface area contributed by atoms with Crippen LogP contribution in [-0.2, 0) is 9.53 Å². The third-order valence-electron chi connectivity index (χ3n) is 5.91. The van der Waals surface area contributed by atoms with Crippen LogP contribution in [0.2, 0.25) is 15.2 Å². The number of rotatable bonds is 5. The monoisotopic (exact) mass is 525 g/mol. The van der Waals surface area contributed by atoms with Crippen molar-refractivity contribution in [3.63, 3.8) is 0 Å². The predicted molar refractivity (Wildman–Crippen MR) is 144 cm³/mol. The van der Waals surface area contributed by atoms with Crippen LogP contribution in [0.1, 0.15) is 0 Å². The summed E-state index contributed by atoms with van der Waals surface area (Å²) in [4.78, 5) is 19.5. The molecule has 1 N–H and O–H groups in total. The minimum absolute atomic E-state index is 0.0938. The Kier molecular flexibility index (Phi) is 7.23. The number of morpholine rings is 1. The Hall–Kier alpha value is -2.67. The Morgan fingerprint density at radius 1 is 0.914 bits per heavy atom. The smallest absolute Gasteiger partial charge is 0.238 e. The Bertz CT molecular complexity index is 1400. The molecule has 1 aliphatic heterocycles. The van der Waals surface area contributed by atoms with E-state index in [0.717, 1.165) is 46.2 Å². The molecule has 1 aliphatic rings. The van der Waals surface area contributed by atoms with Gasteiger partial charge in [-0.15, -0.1) is 0 Å². The molecule has 4 aromatic rings. The highest BCUT2D eigenvalue weighted by Crippen LogP contribution is 2.37. The number of hydrogen-bond acceptors (Lipinski definition) is 4. The van der Waals surface area contributed by atoms with Crippen molar-refractivity contribution in [2.45, 2.75) is 0 Å². The number of pyridine rings is 1. The Morgan fingerprint density at radius 2 is 1.66 bits per heavy atom. The number of aromatic nitrogens is 1. The van der Waals surface area contributed by atoms with Crippen LogP contribution < -0.4 is 5.32 Å². The maximum absolute atomic E-state index is 12.8.